The number of rotatable bonds is 6. The summed E-state index contributed by atoms with van der Waals surface area (Å²) < 4.78 is 9.10. The number of para-hydroxylation sites is 1. The van der Waals surface area contributed by atoms with Gasteiger partial charge in [-0.3, -0.25) is 0 Å². The first-order valence-electron chi connectivity index (χ1n) is 18.7. The third kappa shape index (κ3) is 5.56. The van der Waals surface area contributed by atoms with Crippen molar-refractivity contribution >= 4 is 53.4 Å². The Hall–Kier alpha value is -7.21. The predicted octanol–water partition coefficient (Wildman–Crippen LogP) is 14.1. The van der Waals surface area contributed by atoms with Crippen molar-refractivity contribution in [3.8, 4) is 67.5 Å². The number of nitrogens with zero attached hydrogens (tertiary/aromatic N) is 3. The number of thiophene rings is 1. The van der Waals surface area contributed by atoms with Gasteiger partial charge in [-0.2, -0.15) is 0 Å². The Bertz CT molecular complexity index is 3180. The third-order valence-electron chi connectivity index (χ3n) is 10.5. The van der Waals surface area contributed by atoms with E-state index in [2.05, 4.69) is 121 Å². The van der Waals surface area contributed by atoms with Crippen LogP contribution >= 0.6 is 11.3 Å². The van der Waals surface area contributed by atoms with Gasteiger partial charge in [-0.05, 0) is 58.1 Å². The minimum absolute atomic E-state index is 0.654. The van der Waals surface area contributed by atoms with E-state index < -0.39 is 0 Å². The molecule has 0 aliphatic rings. The number of hydrogen-bond donors (Lipinski definition) is 0. The maximum atomic E-state index is 6.70. The topological polar surface area (TPSA) is 51.8 Å². The molecule has 56 heavy (non-hydrogen) atoms. The highest BCUT2D eigenvalue weighted by Crippen LogP contribution is 2.44. The summed E-state index contributed by atoms with van der Waals surface area (Å²) in [5.74, 6) is 1.97. The second-order valence-electron chi connectivity index (χ2n) is 14.0. The Balaban J connectivity index is 1.03. The first-order valence-corrected chi connectivity index (χ1v) is 19.5. The monoisotopic (exact) mass is 733 g/mol. The lowest BCUT2D eigenvalue weighted by Crippen LogP contribution is -1.99. The van der Waals surface area contributed by atoms with Gasteiger partial charge in [0.2, 0.25) is 0 Å². The van der Waals surface area contributed by atoms with Gasteiger partial charge in [-0.25, -0.2) is 15.0 Å². The molecule has 8 aromatic carbocycles. The molecule has 0 N–H and O–H groups in total. The van der Waals surface area contributed by atoms with Crippen LogP contribution in [0.5, 0.6) is 0 Å². The van der Waals surface area contributed by atoms with Gasteiger partial charge in [0.15, 0.2) is 17.5 Å². The van der Waals surface area contributed by atoms with Crippen molar-refractivity contribution in [3.63, 3.8) is 0 Å². The number of benzene rings is 8. The standard InChI is InChI=1S/C51H31N3OS/c1-4-13-32(14-5-1)35-19-12-20-36(29-35)40-28-27-39(47-43-21-10-11-22-44(43)55-48(40)47)37-23-25-41-42-26-24-38(31-46(42)56-45(41)30-37)51-53-49(33-15-6-2-7-16-33)52-50(54-51)34-17-8-3-9-18-34/h1-31H. The summed E-state index contributed by atoms with van der Waals surface area (Å²) >= 11 is 1.80. The zero-order valence-corrected chi connectivity index (χ0v) is 30.9. The van der Waals surface area contributed by atoms with Crippen LogP contribution in [0.3, 0.4) is 0 Å². The van der Waals surface area contributed by atoms with Gasteiger partial charge >= 0.3 is 0 Å². The quantitative estimate of drug-likeness (QED) is 0.171. The molecular weight excluding hydrogens is 703 g/mol. The van der Waals surface area contributed by atoms with Crippen LogP contribution in [0.25, 0.3) is 110 Å². The maximum Gasteiger partial charge on any atom is 0.164 e. The van der Waals surface area contributed by atoms with Crippen LogP contribution in [0.2, 0.25) is 0 Å². The lowest BCUT2D eigenvalue weighted by atomic mass is 9.93. The molecular formula is C51H31N3OS. The highest BCUT2D eigenvalue weighted by Gasteiger charge is 2.19. The van der Waals surface area contributed by atoms with Crippen LogP contribution in [0.4, 0.5) is 0 Å². The van der Waals surface area contributed by atoms with Gasteiger partial charge in [0.05, 0.1) is 0 Å². The molecule has 0 saturated carbocycles. The van der Waals surface area contributed by atoms with Gasteiger partial charge in [0, 0.05) is 53.2 Å². The first kappa shape index (κ1) is 32.2. The largest absolute Gasteiger partial charge is 0.455 e. The van der Waals surface area contributed by atoms with E-state index in [4.69, 9.17) is 19.4 Å². The highest BCUT2D eigenvalue weighted by molar-refractivity contribution is 7.25. The molecule has 0 atom stereocenters. The molecule has 0 radical (unpaired) electrons. The summed E-state index contributed by atoms with van der Waals surface area (Å²) in [5.41, 5.74) is 11.5. The van der Waals surface area contributed by atoms with Gasteiger partial charge in [0.25, 0.3) is 0 Å². The van der Waals surface area contributed by atoms with Crippen molar-refractivity contribution in [2.45, 2.75) is 0 Å². The van der Waals surface area contributed by atoms with Gasteiger partial charge < -0.3 is 4.42 Å². The lowest BCUT2D eigenvalue weighted by molar-refractivity contribution is 0.670. The molecule has 11 rings (SSSR count). The number of aromatic nitrogens is 3. The zero-order valence-electron chi connectivity index (χ0n) is 30.1. The molecule has 0 spiro atoms. The van der Waals surface area contributed by atoms with Gasteiger partial charge in [0.1, 0.15) is 11.2 Å². The summed E-state index contributed by atoms with van der Waals surface area (Å²) in [5, 5.41) is 4.69. The molecule has 0 saturated heterocycles. The molecule has 0 fully saturated rings. The first-order chi connectivity index (χ1) is 27.7. The molecule has 3 heterocycles. The van der Waals surface area contributed by atoms with Crippen LogP contribution in [-0.2, 0) is 0 Å². The minimum atomic E-state index is 0.654. The average Bonchev–Trinajstić information content (AvgIpc) is 3.85. The molecule has 5 heteroatoms. The fraction of sp³-hybridized carbons (Fsp3) is 0. The zero-order chi connectivity index (χ0) is 37.0. The molecule has 11 aromatic rings. The van der Waals surface area contributed by atoms with Crippen LogP contribution in [0, 0.1) is 0 Å². The van der Waals surface area contributed by atoms with Crippen LogP contribution < -0.4 is 0 Å². The van der Waals surface area contributed by atoms with E-state index in [9.17, 15) is 0 Å². The maximum absolute atomic E-state index is 6.70. The van der Waals surface area contributed by atoms with Gasteiger partial charge in [-0.1, -0.05) is 158 Å². The molecule has 0 bridgehead atoms. The SMILES string of the molecule is c1ccc(-c2cccc(-c3ccc(-c4ccc5c(c4)sc4cc(-c6nc(-c7ccccc7)nc(-c7ccccc7)n6)ccc45)c4c3oc3ccccc34)c2)cc1. The van der Waals surface area contributed by atoms with Crippen molar-refractivity contribution in [2.75, 3.05) is 0 Å². The Morgan fingerprint density at radius 3 is 1.52 bits per heavy atom. The summed E-state index contributed by atoms with van der Waals surface area (Å²) in [6, 6.07) is 65.7. The molecule has 0 aliphatic carbocycles. The smallest absolute Gasteiger partial charge is 0.164 e. The number of fused-ring (bicyclic) bond motifs is 6. The third-order valence-corrected chi connectivity index (χ3v) is 11.7. The predicted molar refractivity (Wildman–Crippen MR) is 233 cm³/mol. The summed E-state index contributed by atoms with van der Waals surface area (Å²) in [6.07, 6.45) is 0. The second kappa shape index (κ2) is 13.3. The second-order valence-corrected chi connectivity index (χ2v) is 15.1. The number of furan rings is 1. The summed E-state index contributed by atoms with van der Waals surface area (Å²) in [6.45, 7) is 0. The van der Waals surface area contributed by atoms with Crippen molar-refractivity contribution in [1.82, 2.24) is 15.0 Å². The fourth-order valence-electron chi connectivity index (χ4n) is 7.81. The van der Waals surface area contributed by atoms with Crippen LogP contribution in [0.1, 0.15) is 0 Å². The summed E-state index contributed by atoms with van der Waals surface area (Å²) in [7, 11) is 0. The average molecular weight is 734 g/mol. The molecule has 0 unspecified atom stereocenters. The van der Waals surface area contributed by atoms with E-state index in [1.165, 1.54) is 31.3 Å². The Labute approximate surface area is 327 Å². The van der Waals surface area contributed by atoms with E-state index in [0.29, 0.717) is 17.5 Å². The lowest BCUT2D eigenvalue weighted by Gasteiger charge is -2.10. The normalized spacial score (nSPS) is 11.6. The molecule has 0 aliphatic heterocycles. The van der Waals surface area contributed by atoms with Crippen molar-refractivity contribution in [2.24, 2.45) is 0 Å². The van der Waals surface area contributed by atoms with E-state index in [1.54, 1.807) is 11.3 Å². The van der Waals surface area contributed by atoms with E-state index in [-0.39, 0.29) is 0 Å². The van der Waals surface area contributed by atoms with E-state index >= 15 is 0 Å². The molecule has 4 nitrogen and oxygen atoms in total. The Morgan fingerprint density at radius 1 is 0.339 bits per heavy atom. The van der Waals surface area contributed by atoms with Gasteiger partial charge in [-0.15, -0.1) is 11.3 Å². The molecule has 3 aromatic heterocycles. The van der Waals surface area contributed by atoms with E-state index in [1.807, 2.05) is 66.7 Å². The molecule has 0 amide bonds. The van der Waals surface area contributed by atoms with E-state index in [0.717, 1.165) is 60.9 Å². The Kier molecular flexibility index (Phi) is 7.64. The van der Waals surface area contributed by atoms with Crippen molar-refractivity contribution < 1.29 is 4.42 Å². The Morgan fingerprint density at radius 2 is 0.839 bits per heavy atom. The van der Waals surface area contributed by atoms with Crippen LogP contribution in [-0.4, -0.2) is 15.0 Å². The molecule has 262 valence electrons. The van der Waals surface area contributed by atoms with Crippen molar-refractivity contribution in [1.29, 1.82) is 0 Å². The van der Waals surface area contributed by atoms with Crippen LogP contribution in [0.15, 0.2) is 192 Å². The fourth-order valence-corrected chi connectivity index (χ4v) is 9.00. The highest BCUT2D eigenvalue weighted by atomic mass is 32.1. The van der Waals surface area contributed by atoms with Crippen molar-refractivity contribution in [3.05, 3.63) is 188 Å². The summed E-state index contributed by atoms with van der Waals surface area (Å²) in [4.78, 5) is 14.9. The minimum Gasteiger partial charge on any atom is -0.455 e. The number of hydrogen-bond acceptors (Lipinski definition) is 5.